The Morgan fingerprint density at radius 1 is 0.917 bits per heavy atom. The van der Waals surface area contributed by atoms with E-state index >= 15 is 0 Å². The minimum atomic E-state index is -0.381. The Morgan fingerprint density at radius 3 is 2.00 bits per heavy atom. The number of aryl methyl sites for hydroxylation is 1. The molecule has 0 aliphatic heterocycles. The zero-order valence-electron chi connectivity index (χ0n) is 22.0. The van der Waals surface area contributed by atoms with Crippen molar-refractivity contribution in [3.05, 3.63) is 89.5 Å². The van der Waals surface area contributed by atoms with Gasteiger partial charge in [-0.3, -0.25) is 4.79 Å². The quantitative estimate of drug-likeness (QED) is 0.107. The van der Waals surface area contributed by atoms with Crippen molar-refractivity contribution in [3.63, 3.8) is 0 Å². The third kappa shape index (κ3) is 10.7. The van der Waals surface area contributed by atoms with E-state index in [1.165, 1.54) is 0 Å². The van der Waals surface area contributed by atoms with Crippen molar-refractivity contribution < 1.29 is 40.9 Å². The Bertz CT molecular complexity index is 1100. The largest absolute Gasteiger partial charge is 0.496 e. The van der Waals surface area contributed by atoms with Crippen LogP contribution in [0.4, 0.5) is 0 Å². The summed E-state index contributed by atoms with van der Waals surface area (Å²) in [5.74, 6) is 1.70. The number of benzene rings is 3. The van der Waals surface area contributed by atoms with Gasteiger partial charge in [-0.1, -0.05) is 20.8 Å². The van der Waals surface area contributed by atoms with Crippen LogP contribution in [0.1, 0.15) is 67.3 Å². The van der Waals surface area contributed by atoms with Crippen molar-refractivity contribution in [3.8, 4) is 17.2 Å². The van der Waals surface area contributed by atoms with Crippen molar-refractivity contribution in [2.45, 2.75) is 53.6 Å². The third-order valence-corrected chi connectivity index (χ3v) is 4.90. The molecule has 5 nitrogen and oxygen atoms in total. The number of ether oxygens (including phenoxy) is 3. The molecule has 0 bridgehead atoms. The van der Waals surface area contributed by atoms with Gasteiger partial charge in [-0.25, -0.2) is 4.79 Å². The zero-order valence-corrected chi connectivity index (χ0v) is 23.1. The molecule has 3 rings (SSSR count). The topological polar surface area (TPSA) is 61.8 Å². The molecule has 0 fully saturated rings. The summed E-state index contributed by atoms with van der Waals surface area (Å²) in [6.45, 7) is 12.7. The van der Waals surface area contributed by atoms with Crippen LogP contribution in [-0.4, -0.2) is 25.0 Å². The minimum Gasteiger partial charge on any atom is -0.496 e. The van der Waals surface area contributed by atoms with Gasteiger partial charge >= 0.3 is 5.97 Å². The molecule has 0 radical (unpaired) electrons. The van der Waals surface area contributed by atoms with Crippen molar-refractivity contribution in [2.75, 3.05) is 7.11 Å². The number of rotatable bonds is 7. The Kier molecular flexibility index (Phi) is 11.9. The number of hydrogen-bond acceptors (Lipinski definition) is 5. The van der Waals surface area contributed by atoms with Crippen LogP contribution in [0.5, 0.6) is 17.2 Å². The summed E-state index contributed by atoms with van der Waals surface area (Å²) in [5, 5.41) is 0. The van der Waals surface area contributed by atoms with Crippen molar-refractivity contribution in [1.29, 1.82) is 0 Å². The standard InChI is InChI=1S/C15H13O3.C15H22O2.Fe/c1-11-10-13(8-9-14(11)17-2)18-15(16)12-6-4-3-5-7-12;1-14(2,3)11-15(4,5)17-13-8-6-12(10-16)7-9-13;/h4-10H,1-2H3;6-10H,11H2,1-5H3;/q-1;;. The van der Waals surface area contributed by atoms with Gasteiger partial charge in [-0.05, 0) is 86.2 Å². The van der Waals surface area contributed by atoms with Crippen molar-refractivity contribution >= 4 is 12.3 Å². The van der Waals surface area contributed by atoms with Gasteiger partial charge in [0.1, 0.15) is 29.1 Å². The van der Waals surface area contributed by atoms with E-state index < -0.39 is 0 Å². The molecule has 0 aliphatic carbocycles. The van der Waals surface area contributed by atoms with Crippen LogP contribution in [0.2, 0.25) is 0 Å². The van der Waals surface area contributed by atoms with E-state index in [9.17, 15) is 9.59 Å². The summed E-state index contributed by atoms with van der Waals surface area (Å²) in [4.78, 5) is 22.4. The van der Waals surface area contributed by atoms with E-state index in [1.54, 1.807) is 61.7 Å². The maximum absolute atomic E-state index is 11.8. The first-order valence-electron chi connectivity index (χ1n) is 11.5. The Morgan fingerprint density at radius 2 is 1.50 bits per heavy atom. The Balaban J connectivity index is 0.000000351. The molecule has 0 atom stereocenters. The second-order valence-electron chi connectivity index (χ2n) is 10.1. The average molecular weight is 531 g/mol. The summed E-state index contributed by atoms with van der Waals surface area (Å²) in [5.41, 5.74) is 2.12. The predicted octanol–water partition coefficient (Wildman–Crippen LogP) is 7.11. The number of carbonyl (C=O) groups is 2. The van der Waals surface area contributed by atoms with Crippen molar-refractivity contribution in [2.24, 2.45) is 5.41 Å². The SMILES string of the molecule is CC(C)(C)CC(C)(C)Oc1ccc(C=O)cc1.COc1ccc(OC(=O)c2cc[c-]cc2)cc1C.[Fe]. The summed E-state index contributed by atoms with van der Waals surface area (Å²) >= 11 is 0. The fourth-order valence-corrected chi connectivity index (χ4v) is 3.85. The normalized spacial score (nSPS) is 10.8. The van der Waals surface area contributed by atoms with Gasteiger partial charge in [-0.2, -0.15) is 30.3 Å². The predicted molar refractivity (Wildman–Crippen MR) is 139 cm³/mol. The monoisotopic (exact) mass is 531 g/mol. The first-order chi connectivity index (χ1) is 16.4. The summed E-state index contributed by atoms with van der Waals surface area (Å²) in [6.07, 6.45) is 1.81. The van der Waals surface area contributed by atoms with E-state index in [-0.39, 0.29) is 34.1 Å². The molecule has 0 amide bonds. The maximum atomic E-state index is 11.8. The van der Waals surface area contributed by atoms with Crippen LogP contribution in [-0.2, 0) is 17.1 Å². The first kappa shape index (κ1) is 30.9. The first-order valence-corrected chi connectivity index (χ1v) is 11.5. The number of methoxy groups -OCH3 is 1. The van der Waals surface area contributed by atoms with Crippen LogP contribution in [0.15, 0.2) is 66.7 Å². The second-order valence-corrected chi connectivity index (χ2v) is 10.1. The molecular formula is C30H35FeO5-. The fourth-order valence-electron chi connectivity index (χ4n) is 3.85. The van der Waals surface area contributed by atoms with E-state index in [0.717, 1.165) is 29.8 Å². The molecule has 0 aromatic heterocycles. The van der Waals surface area contributed by atoms with Gasteiger partial charge < -0.3 is 14.2 Å². The summed E-state index contributed by atoms with van der Waals surface area (Å²) < 4.78 is 16.4. The molecule has 0 saturated heterocycles. The number of hydrogen-bond donors (Lipinski definition) is 0. The van der Waals surface area contributed by atoms with E-state index in [0.29, 0.717) is 16.9 Å². The summed E-state index contributed by atoms with van der Waals surface area (Å²) in [7, 11) is 1.61. The molecule has 3 aromatic carbocycles. The minimum absolute atomic E-state index is 0. The Hall–Kier alpha value is -3.08. The molecule has 194 valence electrons. The van der Waals surface area contributed by atoms with Crippen molar-refractivity contribution in [1.82, 2.24) is 0 Å². The van der Waals surface area contributed by atoms with E-state index in [2.05, 4.69) is 40.7 Å². The molecule has 36 heavy (non-hydrogen) atoms. The molecule has 3 aromatic rings. The number of aldehydes is 1. The molecular weight excluding hydrogens is 496 g/mol. The summed E-state index contributed by atoms with van der Waals surface area (Å²) in [6, 6.07) is 22.0. The van der Waals surface area contributed by atoms with Gasteiger partial charge in [-0.15, -0.1) is 0 Å². The molecule has 6 heteroatoms. The molecule has 0 spiro atoms. The molecule has 0 saturated carbocycles. The number of esters is 1. The zero-order chi connectivity index (χ0) is 26.1. The van der Waals surface area contributed by atoms with Crippen LogP contribution in [0.25, 0.3) is 0 Å². The Labute approximate surface area is 225 Å². The maximum Gasteiger partial charge on any atom is 0.318 e. The molecule has 0 aliphatic rings. The number of carbonyl (C=O) groups excluding carboxylic acids is 2. The fraction of sp³-hybridized carbons (Fsp3) is 0.333. The van der Waals surface area contributed by atoms with Gasteiger partial charge in [0.2, 0.25) is 0 Å². The average Bonchev–Trinajstić information content (AvgIpc) is 2.79. The molecule has 0 heterocycles. The third-order valence-electron chi connectivity index (χ3n) is 4.90. The second kappa shape index (κ2) is 13.9. The van der Waals surface area contributed by atoms with E-state index in [4.69, 9.17) is 14.2 Å². The van der Waals surface area contributed by atoms with Gasteiger partial charge in [0.15, 0.2) is 0 Å². The van der Waals surface area contributed by atoms with Crippen LogP contribution < -0.4 is 14.2 Å². The molecule has 0 N–H and O–H groups in total. The van der Waals surface area contributed by atoms with Crippen LogP contribution in [0, 0.1) is 18.4 Å². The van der Waals surface area contributed by atoms with Gasteiger partial charge in [0.05, 0.1) is 7.11 Å². The smallest absolute Gasteiger partial charge is 0.318 e. The van der Waals surface area contributed by atoms with Gasteiger partial charge in [0, 0.05) is 22.6 Å². The van der Waals surface area contributed by atoms with E-state index in [1.807, 2.05) is 19.1 Å². The van der Waals surface area contributed by atoms with Crippen LogP contribution in [0.3, 0.4) is 0 Å². The van der Waals surface area contributed by atoms with Gasteiger partial charge in [0.25, 0.3) is 0 Å². The molecule has 0 unspecified atom stereocenters. The van der Waals surface area contributed by atoms with Crippen LogP contribution >= 0.6 is 0 Å².